The maximum atomic E-state index is 2.55. The van der Waals surface area contributed by atoms with Crippen LogP contribution in [0.3, 0.4) is 0 Å². The van der Waals surface area contributed by atoms with Crippen LogP contribution in [0.5, 0.6) is 0 Å². The van der Waals surface area contributed by atoms with Gasteiger partial charge in [0.05, 0.1) is 8.80 Å². The summed E-state index contributed by atoms with van der Waals surface area (Å²) in [5.74, 6) is 3.47. The van der Waals surface area contributed by atoms with Crippen LogP contribution in [0.4, 0.5) is 0 Å². The molecule has 0 aliphatic heterocycles. The molecule has 0 spiro atoms. The molecule has 0 fully saturated rings. The Kier molecular flexibility index (Phi) is 16.0. The van der Waals surface area contributed by atoms with Crippen molar-refractivity contribution in [3.8, 4) is 0 Å². The van der Waals surface area contributed by atoms with Gasteiger partial charge in [0.1, 0.15) is 0 Å². The molecule has 2 rings (SSSR count). The van der Waals surface area contributed by atoms with E-state index in [4.69, 9.17) is 0 Å². The van der Waals surface area contributed by atoms with Crippen molar-refractivity contribution >= 4 is 37.1 Å². The third-order valence-electron chi connectivity index (χ3n) is 8.51. The Labute approximate surface area is 270 Å². The van der Waals surface area contributed by atoms with Crippen molar-refractivity contribution in [2.24, 2.45) is 0 Å². The fourth-order valence-corrected chi connectivity index (χ4v) is 16.8. The van der Waals surface area contributed by atoms with E-state index < -0.39 is 21.1 Å². The average Bonchev–Trinajstić information content (AvgIpc) is 2.82. The van der Waals surface area contributed by atoms with Crippen LogP contribution in [-0.4, -0.2) is 29.9 Å². The van der Waals surface area contributed by atoms with Crippen molar-refractivity contribution in [1.29, 1.82) is 0 Å². The minimum absolute atomic E-state index is 0.0957. The van der Waals surface area contributed by atoms with Gasteiger partial charge >= 0.3 is 205 Å². The van der Waals surface area contributed by atoms with Gasteiger partial charge in [0.25, 0.3) is 0 Å². The Morgan fingerprint density at radius 2 is 0.585 bits per heavy atom. The van der Waals surface area contributed by atoms with Crippen LogP contribution in [0.1, 0.15) is 194 Å². The number of benzene rings is 2. The van der Waals surface area contributed by atoms with E-state index in [1.54, 1.807) is 29.4 Å². The van der Waals surface area contributed by atoms with E-state index in [-0.39, 0.29) is 8.80 Å². The van der Waals surface area contributed by atoms with E-state index in [0.29, 0.717) is 35.5 Å². The van der Waals surface area contributed by atoms with E-state index in [0.717, 1.165) is 16.6 Å². The van der Waals surface area contributed by atoms with Gasteiger partial charge in [0.15, 0.2) is 0 Å². The minimum atomic E-state index is -0.973. The van der Waals surface area contributed by atoms with Gasteiger partial charge in [0.2, 0.25) is 0 Å². The molecule has 0 saturated carbocycles. The standard InChI is InChI=1S/2C15H23.C9H21Si.Sn/c2*1-10(2)13-7-14(11(3)4)9-15(8-13)12(5)6;1-7(2)10(8(3)4)9(5)6;/h2*7-8,10-12H,1-6H3;7-9H,1-6H3;/q;;;+1. The number of hydrogen-bond donors (Lipinski definition) is 0. The second kappa shape index (κ2) is 17.1. The molecule has 230 valence electrons. The predicted octanol–water partition coefficient (Wildman–Crippen LogP) is 11.8. The SMILES string of the molecule is CC(C)[Si](C(C)C)C(C)C.CC(C)c1cc(C(C)C)[c]([Sn+][c]2c(C(C)C)cc(C(C)C)cc2C(C)C)c(C(C)C)c1. The summed E-state index contributed by atoms with van der Waals surface area (Å²) in [6, 6.07) is 10.2. The topological polar surface area (TPSA) is 0 Å². The van der Waals surface area contributed by atoms with Gasteiger partial charge in [-0.2, -0.15) is 0 Å². The molecular formula is C39H67SiSn+. The summed E-state index contributed by atoms with van der Waals surface area (Å²) in [5, 5.41) is 0. The van der Waals surface area contributed by atoms with E-state index in [2.05, 4.69) is 149 Å². The molecule has 0 aromatic heterocycles. The van der Waals surface area contributed by atoms with Gasteiger partial charge in [0, 0.05) is 0 Å². The van der Waals surface area contributed by atoms with Crippen LogP contribution < -0.4 is 7.16 Å². The van der Waals surface area contributed by atoms with Gasteiger partial charge in [-0.25, -0.2) is 0 Å². The summed E-state index contributed by atoms with van der Waals surface area (Å²) in [4.78, 5) is 0. The summed E-state index contributed by atoms with van der Waals surface area (Å²) in [6.07, 6.45) is 0. The molecule has 0 heterocycles. The molecule has 2 radical (unpaired) electrons. The monoisotopic (exact) mass is 683 g/mol. The molecule has 0 saturated heterocycles. The predicted molar refractivity (Wildman–Crippen MR) is 193 cm³/mol. The molecule has 0 aliphatic rings. The Hall–Kier alpha value is -0.544. The molecule has 0 aliphatic carbocycles. The summed E-state index contributed by atoms with van der Waals surface area (Å²) < 4.78 is 3.50. The molecule has 0 bridgehead atoms. The van der Waals surface area contributed by atoms with Crippen LogP contribution in [0, 0.1) is 0 Å². The first-order chi connectivity index (χ1) is 18.8. The molecular weight excluding hydrogens is 615 g/mol. The van der Waals surface area contributed by atoms with E-state index in [9.17, 15) is 0 Å². The van der Waals surface area contributed by atoms with Crippen LogP contribution in [-0.2, 0) is 0 Å². The zero-order chi connectivity index (χ0) is 31.9. The second-order valence-corrected chi connectivity index (χ2v) is 23.2. The first-order valence-electron chi connectivity index (χ1n) is 16.8. The summed E-state index contributed by atoms with van der Waals surface area (Å²) in [6.45, 7) is 42.7. The zero-order valence-corrected chi connectivity index (χ0v) is 34.4. The molecule has 0 amide bonds. The van der Waals surface area contributed by atoms with Gasteiger partial charge in [-0.3, -0.25) is 0 Å². The van der Waals surface area contributed by atoms with Crippen molar-refractivity contribution < 1.29 is 0 Å². The van der Waals surface area contributed by atoms with Crippen molar-refractivity contribution in [2.45, 2.75) is 177 Å². The van der Waals surface area contributed by atoms with Crippen LogP contribution >= 0.6 is 0 Å². The summed E-state index contributed by atoms with van der Waals surface area (Å²) >= 11 is -0.973. The van der Waals surface area contributed by atoms with Crippen molar-refractivity contribution in [3.63, 3.8) is 0 Å². The zero-order valence-electron chi connectivity index (χ0n) is 30.5. The van der Waals surface area contributed by atoms with Crippen molar-refractivity contribution in [2.75, 3.05) is 0 Å². The number of hydrogen-bond acceptors (Lipinski definition) is 0. The van der Waals surface area contributed by atoms with Crippen LogP contribution in [0.25, 0.3) is 0 Å². The molecule has 2 aromatic rings. The molecule has 0 nitrogen and oxygen atoms in total. The third kappa shape index (κ3) is 10.8. The third-order valence-corrected chi connectivity index (χ3v) is 17.2. The van der Waals surface area contributed by atoms with Crippen LogP contribution in [0.15, 0.2) is 24.3 Å². The first-order valence-corrected chi connectivity index (χ1v) is 21.4. The Morgan fingerprint density at radius 1 is 0.366 bits per heavy atom. The molecule has 0 unspecified atom stereocenters. The molecule has 41 heavy (non-hydrogen) atoms. The molecule has 0 N–H and O–H groups in total. The van der Waals surface area contributed by atoms with Gasteiger partial charge in [-0.05, 0) is 0 Å². The van der Waals surface area contributed by atoms with Gasteiger partial charge < -0.3 is 0 Å². The summed E-state index contributed by atoms with van der Waals surface area (Å²) in [7, 11) is -0.0957. The molecule has 0 atom stereocenters. The second-order valence-electron chi connectivity index (χ2n) is 15.2. The van der Waals surface area contributed by atoms with Gasteiger partial charge in [-0.1, -0.05) is 58.2 Å². The van der Waals surface area contributed by atoms with Gasteiger partial charge in [-0.15, -0.1) is 0 Å². The van der Waals surface area contributed by atoms with Crippen molar-refractivity contribution in [1.82, 2.24) is 0 Å². The normalized spacial score (nSPS) is 12.4. The Balaban J connectivity index is 0.000000716. The van der Waals surface area contributed by atoms with Crippen molar-refractivity contribution in [3.05, 3.63) is 57.6 Å². The van der Waals surface area contributed by atoms with Crippen LogP contribution in [0.2, 0.25) is 16.6 Å². The fraction of sp³-hybridized carbons (Fsp3) is 0.692. The number of rotatable bonds is 11. The molecule has 2 aromatic carbocycles. The Bertz CT molecular complexity index is 918. The Morgan fingerprint density at radius 3 is 0.707 bits per heavy atom. The maximum absolute atomic E-state index is 2.55. The molecule has 2 heteroatoms. The van der Waals surface area contributed by atoms with E-state index >= 15 is 0 Å². The van der Waals surface area contributed by atoms with E-state index in [1.807, 2.05) is 0 Å². The fourth-order valence-electron chi connectivity index (χ4n) is 6.33. The first kappa shape index (κ1) is 38.5. The summed E-state index contributed by atoms with van der Waals surface area (Å²) in [5.41, 5.74) is 12.3. The average molecular weight is 683 g/mol. The van der Waals surface area contributed by atoms with E-state index in [1.165, 1.54) is 11.1 Å². The quantitative estimate of drug-likeness (QED) is 0.207.